The van der Waals surface area contributed by atoms with Gasteiger partial charge in [0.05, 0.1) is 0 Å². The smallest absolute Gasteiger partial charge is 0.339 e. The SMILES string of the molecule is Cl.N[C@@H](c1c(F)ccc(C(=O)O)c1O)C1CC1. The fourth-order valence-electron chi connectivity index (χ4n) is 1.76. The van der Waals surface area contributed by atoms with E-state index in [1.165, 1.54) is 0 Å². The van der Waals surface area contributed by atoms with Gasteiger partial charge in [-0.05, 0) is 30.9 Å². The average molecular weight is 262 g/mol. The van der Waals surface area contributed by atoms with E-state index in [1.807, 2.05) is 0 Å². The summed E-state index contributed by atoms with van der Waals surface area (Å²) in [6.07, 6.45) is 1.77. The molecule has 0 unspecified atom stereocenters. The Bertz CT molecular complexity index is 449. The summed E-state index contributed by atoms with van der Waals surface area (Å²) >= 11 is 0. The summed E-state index contributed by atoms with van der Waals surface area (Å²) < 4.78 is 13.5. The number of benzene rings is 1. The fraction of sp³-hybridized carbons (Fsp3) is 0.364. The molecular weight excluding hydrogens is 249 g/mol. The monoisotopic (exact) mass is 261 g/mol. The third-order valence-electron chi connectivity index (χ3n) is 2.86. The molecule has 0 spiro atoms. The molecule has 1 fully saturated rings. The topological polar surface area (TPSA) is 83.6 Å². The zero-order chi connectivity index (χ0) is 11.9. The number of carboxylic acids is 1. The number of hydrogen-bond donors (Lipinski definition) is 3. The van der Waals surface area contributed by atoms with Crippen LogP contribution < -0.4 is 5.73 Å². The summed E-state index contributed by atoms with van der Waals surface area (Å²) in [5, 5.41) is 18.5. The summed E-state index contributed by atoms with van der Waals surface area (Å²) in [5.41, 5.74) is 5.38. The molecule has 0 radical (unpaired) electrons. The number of halogens is 2. The Kier molecular flexibility index (Phi) is 3.95. The van der Waals surface area contributed by atoms with Crippen LogP contribution in [0.2, 0.25) is 0 Å². The Morgan fingerprint density at radius 2 is 2.06 bits per heavy atom. The van der Waals surface area contributed by atoms with Crippen LogP contribution in [0.15, 0.2) is 12.1 Å². The Hall–Kier alpha value is -1.33. The standard InChI is InChI=1S/C11H12FNO3.ClH/c12-7-4-3-6(11(15)16)10(14)8(7)9(13)5-1-2-5;/h3-5,9,14H,1-2,13H2,(H,15,16);1H/t9-;/m1./s1. The molecule has 1 aromatic rings. The first-order valence-electron chi connectivity index (χ1n) is 5.02. The van der Waals surface area contributed by atoms with Crippen LogP contribution in [-0.2, 0) is 0 Å². The highest BCUT2D eigenvalue weighted by Crippen LogP contribution is 2.43. The van der Waals surface area contributed by atoms with Gasteiger partial charge in [0.25, 0.3) is 0 Å². The molecule has 0 bridgehead atoms. The summed E-state index contributed by atoms with van der Waals surface area (Å²) in [7, 11) is 0. The average Bonchev–Trinajstić information content (AvgIpc) is 2.99. The van der Waals surface area contributed by atoms with Gasteiger partial charge in [-0.2, -0.15) is 0 Å². The van der Waals surface area contributed by atoms with Gasteiger partial charge < -0.3 is 15.9 Å². The first kappa shape index (κ1) is 13.7. The van der Waals surface area contributed by atoms with E-state index in [1.54, 1.807) is 0 Å². The van der Waals surface area contributed by atoms with Crippen LogP contribution >= 0.6 is 12.4 Å². The lowest BCUT2D eigenvalue weighted by Gasteiger charge is -2.14. The van der Waals surface area contributed by atoms with Crippen molar-refractivity contribution in [1.82, 2.24) is 0 Å². The Labute approximate surface area is 104 Å². The van der Waals surface area contributed by atoms with Crippen molar-refractivity contribution in [3.63, 3.8) is 0 Å². The number of hydrogen-bond acceptors (Lipinski definition) is 3. The maximum atomic E-state index is 13.5. The van der Waals surface area contributed by atoms with E-state index in [0.29, 0.717) is 0 Å². The third-order valence-corrected chi connectivity index (χ3v) is 2.86. The quantitative estimate of drug-likeness (QED) is 0.778. The summed E-state index contributed by atoms with van der Waals surface area (Å²) in [6.45, 7) is 0. The molecule has 2 rings (SSSR count). The number of rotatable bonds is 3. The van der Waals surface area contributed by atoms with E-state index in [0.717, 1.165) is 25.0 Å². The predicted molar refractivity (Wildman–Crippen MR) is 61.9 cm³/mol. The van der Waals surface area contributed by atoms with Gasteiger partial charge in [-0.25, -0.2) is 9.18 Å². The normalized spacial score (nSPS) is 16.1. The van der Waals surface area contributed by atoms with Gasteiger partial charge in [0.1, 0.15) is 17.1 Å². The van der Waals surface area contributed by atoms with Crippen LogP contribution in [0, 0.1) is 11.7 Å². The summed E-state index contributed by atoms with van der Waals surface area (Å²) in [5.74, 6) is -2.35. The van der Waals surface area contributed by atoms with Crippen LogP contribution in [-0.4, -0.2) is 16.2 Å². The Morgan fingerprint density at radius 1 is 1.47 bits per heavy atom. The second-order valence-electron chi connectivity index (χ2n) is 4.03. The molecule has 1 atom stereocenters. The van der Waals surface area contributed by atoms with Crippen molar-refractivity contribution < 1.29 is 19.4 Å². The van der Waals surface area contributed by atoms with E-state index < -0.39 is 23.6 Å². The summed E-state index contributed by atoms with van der Waals surface area (Å²) in [4.78, 5) is 10.8. The summed E-state index contributed by atoms with van der Waals surface area (Å²) in [6, 6.07) is 1.44. The van der Waals surface area contributed by atoms with Gasteiger partial charge in [-0.1, -0.05) is 0 Å². The van der Waals surface area contributed by atoms with Crippen LogP contribution in [0.3, 0.4) is 0 Å². The van der Waals surface area contributed by atoms with Crippen molar-refractivity contribution in [2.45, 2.75) is 18.9 Å². The van der Waals surface area contributed by atoms with E-state index in [4.69, 9.17) is 10.8 Å². The number of aromatic hydroxyl groups is 1. The maximum Gasteiger partial charge on any atom is 0.339 e. The minimum Gasteiger partial charge on any atom is -0.507 e. The highest BCUT2D eigenvalue weighted by atomic mass is 35.5. The second-order valence-corrected chi connectivity index (χ2v) is 4.03. The molecular formula is C11H13ClFNO3. The zero-order valence-corrected chi connectivity index (χ0v) is 9.71. The third kappa shape index (κ3) is 2.50. The van der Waals surface area contributed by atoms with Crippen LogP contribution in [0.5, 0.6) is 5.75 Å². The van der Waals surface area contributed by atoms with Gasteiger partial charge in [-0.15, -0.1) is 12.4 Å². The lowest BCUT2D eigenvalue weighted by molar-refractivity contribution is 0.0693. The second kappa shape index (κ2) is 4.89. The van der Waals surface area contributed by atoms with Gasteiger partial charge >= 0.3 is 5.97 Å². The van der Waals surface area contributed by atoms with Crippen molar-refractivity contribution in [2.24, 2.45) is 11.7 Å². The van der Waals surface area contributed by atoms with Gasteiger partial charge in [-0.3, -0.25) is 0 Å². The number of carbonyl (C=O) groups is 1. The first-order valence-corrected chi connectivity index (χ1v) is 5.02. The highest BCUT2D eigenvalue weighted by molar-refractivity contribution is 5.91. The molecule has 17 heavy (non-hydrogen) atoms. The number of phenols is 1. The van der Waals surface area contributed by atoms with Crippen LogP contribution in [0.1, 0.15) is 34.8 Å². The minimum absolute atomic E-state index is 0. The number of carboxylic acid groups (broad SMARTS) is 1. The molecule has 0 heterocycles. The number of aromatic carboxylic acids is 1. The Morgan fingerprint density at radius 3 is 2.53 bits per heavy atom. The van der Waals surface area contributed by atoms with Gasteiger partial charge in [0.2, 0.25) is 0 Å². The molecule has 94 valence electrons. The van der Waals surface area contributed by atoms with Crippen molar-refractivity contribution in [1.29, 1.82) is 0 Å². The van der Waals surface area contributed by atoms with E-state index in [2.05, 4.69) is 0 Å². The molecule has 0 amide bonds. The van der Waals surface area contributed by atoms with Crippen molar-refractivity contribution >= 4 is 18.4 Å². The maximum absolute atomic E-state index is 13.5. The van der Waals surface area contributed by atoms with Crippen LogP contribution in [0.4, 0.5) is 4.39 Å². The lowest BCUT2D eigenvalue weighted by Crippen LogP contribution is -2.15. The Balaban J connectivity index is 0.00000144. The fourth-order valence-corrected chi connectivity index (χ4v) is 1.76. The molecule has 4 nitrogen and oxygen atoms in total. The molecule has 6 heteroatoms. The van der Waals surface area contributed by atoms with Crippen molar-refractivity contribution in [2.75, 3.05) is 0 Å². The van der Waals surface area contributed by atoms with Crippen molar-refractivity contribution in [3.8, 4) is 5.75 Å². The molecule has 0 aromatic heterocycles. The zero-order valence-electron chi connectivity index (χ0n) is 8.89. The number of nitrogens with two attached hydrogens (primary N) is 1. The lowest BCUT2D eigenvalue weighted by atomic mass is 9.98. The van der Waals surface area contributed by atoms with Gasteiger partial charge in [0, 0.05) is 11.6 Å². The molecule has 1 aliphatic rings. The molecule has 0 aliphatic heterocycles. The molecule has 1 saturated carbocycles. The molecule has 1 aliphatic carbocycles. The van der Waals surface area contributed by atoms with E-state index >= 15 is 0 Å². The molecule has 0 saturated heterocycles. The van der Waals surface area contributed by atoms with Crippen LogP contribution in [0.25, 0.3) is 0 Å². The predicted octanol–water partition coefficient (Wildman–Crippen LogP) is 2.06. The highest BCUT2D eigenvalue weighted by Gasteiger charge is 2.34. The first-order chi connectivity index (χ1) is 7.52. The van der Waals surface area contributed by atoms with Crippen molar-refractivity contribution in [3.05, 3.63) is 29.1 Å². The van der Waals surface area contributed by atoms with Gasteiger partial charge in [0.15, 0.2) is 0 Å². The molecule has 4 N–H and O–H groups in total. The van der Waals surface area contributed by atoms with E-state index in [9.17, 15) is 14.3 Å². The minimum atomic E-state index is -1.29. The molecule has 1 aromatic carbocycles. The van der Waals surface area contributed by atoms with E-state index in [-0.39, 0.29) is 29.5 Å². The largest absolute Gasteiger partial charge is 0.507 e.